The average molecular weight is 278 g/mol. The zero-order valence-corrected chi connectivity index (χ0v) is 11.2. The number of hydrogen-bond donors (Lipinski definition) is 1. The summed E-state index contributed by atoms with van der Waals surface area (Å²) in [5, 5.41) is 0.278. The molecule has 1 fully saturated rings. The van der Waals surface area contributed by atoms with Gasteiger partial charge in [-0.2, -0.15) is 0 Å². The molecule has 2 atom stereocenters. The second-order valence-corrected chi connectivity index (χ2v) is 5.43. The van der Waals surface area contributed by atoms with Crippen LogP contribution in [0.5, 0.6) is 0 Å². The van der Waals surface area contributed by atoms with E-state index in [4.69, 9.17) is 11.6 Å². The Bertz CT molecular complexity index is 678. The van der Waals surface area contributed by atoms with Gasteiger partial charge in [-0.1, -0.05) is 23.7 Å². The van der Waals surface area contributed by atoms with E-state index in [2.05, 4.69) is 4.98 Å². The normalized spacial score (nSPS) is 21.4. The first-order chi connectivity index (χ1) is 9.06. The fourth-order valence-electron chi connectivity index (χ4n) is 2.58. The van der Waals surface area contributed by atoms with Crippen LogP contribution < -0.4 is 5.56 Å². The maximum atomic E-state index is 12.9. The van der Waals surface area contributed by atoms with Gasteiger partial charge in [0.25, 0.3) is 5.56 Å². The van der Waals surface area contributed by atoms with E-state index in [1.807, 2.05) is 13.0 Å². The Morgan fingerprint density at radius 2 is 1.95 bits per heavy atom. The Morgan fingerprint density at radius 3 is 2.63 bits per heavy atom. The first kappa shape index (κ1) is 12.4. The fourth-order valence-corrected chi connectivity index (χ4v) is 2.83. The average Bonchev–Trinajstić information content (AvgIpc) is 3.15. The number of benzene rings is 1. The molecule has 98 valence electrons. The summed E-state index contributed by atoms with van der Waals surface area (Å²) in [5.74, 6) is 0.365. The highest BCUT2D eigenvalue weighted by Gasteiger charge is 2.41. The molecule has 0 saturated heterocycles. The number of aryl methyl sites for hydroxylation is 1. The van der Waals surface area contributed by atoms with E-state index in [9.17, 15) is 9.18 Å². The molecule has 1 aromatic carbocycles. The molecule has 0 amide bonds. The quantitative estimate of drug-likeness (QED) is 0.891. The van der Waals surface area contributed by atoms with E-state index in [-0.39, 0.29) is 22.3 Å². The van der Waals surface area contributed by atoms with Crippen LogP contribution in [0.1, 0.15) is 35.1 Å². The SMILES string of the molecule is Cc1cc([C@H]2C[C@@H]2c2ccc(F)cc2)c(Cl)c(=O)[nH]1. The molecule has 1 aliphatic rings. The molecule has 1 heterocycles. The van der Waals surface area contributed by atoms with Crippen LogP contribution in [-0.2, 0) is 0 Å². The number of pyridine rings is 1. The molecule has 1 aliphatic carbocycles. The van der Waals surface area contributed by atoms with E-state index in [1.165, 1.54) is 12.1 Å². The summed E-state index contributed by atoms with van der Waals surface area (Å²) in [5.41, 5.74) is 2.58. The molecule has 0 radical (unpaired) electrons. The van der Waals surface area contributed by atoms with Crippen molar-refractivity contribution >= 4 is 11.6 Å². The van der Waals surface area contributed by atoms with Gasteiger partial charge in [0.05, 0.1) is 0 Å². The molecule has 0 bridgehead atoms. The molecule has 1 saturated carbocycles. The van der Waals surface area contributed by atoms with Gasteiger partial charge in [-0.3, -0.25) is 4.79 Å². The van der Waals surface area contributed by atoms with E-state index in [1.54, 1.807) is 12.1 Å². The second kappa shape index (κ2) is 4.49. The number of rotatable bonds is 2. The predicted molar refractivity (Wildman–Crippen MR) is 73.3 cm³/mol. The molecule has 19 heavy (non-hydrogen) atoms. The van der Waals surface area contributed by atoms with Crippen LogP contribution in [-0.4, -0.2) is 4.98 Å². The van der Waals surface area contributed by atoms with Crippen molar-refractivity contribution < 1.29 is 4.39 Å². The minimum Gasteiger partial charge on any atom is -0.325 e. The predicted octanol–water partition coefficient (Wildman–Crippen LogP) is 3.75. The molecular formula is C15H13ClFNO. The number of halogens is 2. The van der Waals surface area contributed by atoms with Crippen LogP contribution in [0.3, 0.4) is 0 Å². The van der Waals surface area contributed by atoms with Crippen molar-refractivity contribution in [3.05, 3.63) is 68.3 Å². The van der Waals surface area contributed by atoms with Crippen molar-refractivity contribution in [3.8, 4) is 0 Å². The van der Waals surface area contributed by atoms with Gasteiger partial charge in [-0.15, -0.1) is 0 Å². The number of aromatic amines is 1. The van der Waals surface area contributed by atoms with Gasteiger partial charge in [0.15, 0.2) is 0 Å². The molecule has 2 aromatic rings. The van der Waals surface area contributed by atoms with Gasteiger partial charge in [0, 0.05) is 5.69 Å². The van der Waals surface area contributed by atoms with Gasteiger partial charge >= 0.3 is 0 Å². The summed E-state index contributed by atoms with van der Waals surface area (Å²) < 4.78 is 12.9. The van der Waals surface area contributed by atoms with Crippen LogP contribution in [0.15, 0.2) is 35.1 Å². The van der Waals surface area contributed by atoms with Gasteiger partial charge < -0.3 is 4.98 Å². The number of hydrogen-bond acceptors (Lipinski definition) is 1. The van der Waals surface area contributed by atoms with Crippen molar-refractivity contribution in [2.45, 2.75) is 25.2 Å². The molecule has 3 rings (SSSR count). The van der Waals surface area contributed by atoms with E-state index in [0.717, 1.165) is 23.2 Å². The maximum Gasteiger partial charge on any atom is 0.267 e. The minimum absolute atomic E-state index is 0.231. The monoisotopic (exact) mass is 277 g/mol. The van der Waals surface area contributed by atoms with Crippen LogP contribution in [0.4, 0.5) is 4.39 Å². The number of aromatic nitrogens is 1. The molecule has 0 aliphatic heterocycles. The van der Waals surface area contributed by atoms with Gasteiger partial charge in [-0.05, 0) is 54.5 Å². The van der Waals surface area contributed by atoms with Crippen LogP contribution in [0.25, 0.3) is 0 Å². The highest BCUT2D eigenvalue weighted by atomic mass is 35.5. The molecule has 1 N–H and O–H groups in total. The Kier molecular flexibility index (Phi) is 2.94. The highest BCUT2D eigenvalue weighted by Crippen LogP contribution is 2.55. The summed E-state index contributed by atoms with van der Waals surface area (Å²) in [4.78, 5) is 14.3. The zero-order chi connectivity index (χ0) is 13.6. The molecule has 2 nitrogen and oxygen atoms in total. The maximum absolute atomic E-state index is 12.9. The summed E-state index contributed by atoms with van der Waals surface area (Å²) in [6, 6.07) is 8.46. The molecule has 0 unspecified atom stereocenters. The topological polar surface area (TPSA) is 32.9 Å². The molecular weight excluding hydrogens is 265 g/mol. The second-order valence-electron chi connectivity index (χ2n) is 5.05. The Morgan fingerprint density at radius 1 is 1.26 bits per heavy atom. The summed E-state index contributed by atoms with van der Waals surface area (Å²) in [6.45, 7) is 1.84. The van der Waals surface area contributed by atoms with E-state index >= 15 is 0 Å². The lowest BCUT2D eigenvalue weighted by Gasteiger charge is -2.05. The molecule has 4 heteroatoms. The lowest BCUT2D eigenvalue weighted by Crippen LogP contribution is -2.10. The lowest BCUT2D eigenvalue weighted by molar-refractivity contribution is 0.627. The lowest BCUT2D eigenvalue weighted by atomic mass is 10.0. The van der Waals surface area contributed by atoms with Gasteiger partial charge in [-0.25, -0.2) is 4.39 Å². The largest absolute Gasteiger partial charge is 0.325 e. The Balaban J connectivity index is 1.91. The first-order valence-electron chi connectivity index (χ1n) is 6.21. The van der Waals surface area contributed by atoms with E-state index < -0.39 is 0 Å². The van der Waals surface area contributed by atoms with Crippen LogP contribution in [0.2, 0.25) is 5.02 Å². The summed E-state index contributed by atoms with van der Waals surface area (Å²) in [7, 11) is 0. The van der Waals surface area contributed by atoms with E-state index in [0.29, 0.717) is 5.92 Å². The molecule has 1 aromatic heterocycles. The fraction of sp³-hybridized carbons (Fsp3) is 0.267. The zero-order valence-electron chi connectivity index (χ0n) is 10.4. The Labute approximate surface area is 115 Å². The van der Waals surface area contributed by atoms with Crippen molar-refractivity contribution in [2.24, 2.45) is 0 Å². The summed E-state index contributed by atoms with van der Waals surface area (Å²) >= 11 is 6.07. The minimum atomic E-state index is -0.235. The third-order valence-corrected chi connectivity index (χ3v) is 4.01. The third kappa shape index (κ3) is 2.30. The van der Waals surface area contributed by atoms with Crippen molar-refractivity contribution in [1.82, 2.24) is 4.98 Å². The van der Waals surface area contributed by atoms with Gasteiger partial charge in [0.1, 0.15) is 10.8 Å². The summed E-state index contributed by atoms with van der Waals surface area (Å²) in [6.07, 6.45) is 0.953. The van der Waals surface area contributed by atoms with Gasteiger partial charge in [0.2, 0.25) is 0 Å². The first-order valence-corrected chi connectivity index (χ1v) is 6.59. The van der Waals surface area contributed by atoms with Crippen LogP contribution in [0, 0.1) is 12.7 Å². The highest BCUT2D eigenvalue weighted by molar-refractivity contribution is 6.31. The van der Waals surface area contributed by atoms with Crippen molar-refractivity contribution in [1.29, 1.82) is 0 Å². The number of H-pyrrole nitrogens is 1. The Hall–Kier alpha value is -1.61. The standard InChI is InChI=1S/C15H13ClFNO/c1-8-6-13(14(16)15(19)18-8)12-7-11(12)9-2-4-10(17)5-3-9/h2-6,11-12H,7H2,1H3,(H,18,19)/t11-,12+/m1/s1. The van der Waals surface area contributed by atoms with Crippen molar-refractivity contribution in [3.63, 3.8) is 0 Å². The smallest absolute Gasteiger partial charge is 0.267 e. The third-order valence-electron chi connectivity index (χ3n) is 3.62. The van der Waals surface area contributed by atoms with Crippen molar-refractivity contribution in [2.75, 3.05) is 0 Å². The molecule has 0 spiro atoms. The number of nitrogens with one attached hydrogen (secondary N) is 1. The van der Waals surface area contributed by atoms with Crippen LogP contribution >= 0.6 is 11.6 Å².